The molecule has 6 aromatic rings. The van der Waals surface area contributed by atoms with Crippen molar-refractivity contribution in [1.29, 1.82) is 0 Å². The summed E-state index contributed by atoms with van der Waals surface area (Å²) in [5.41, 5.74) is 7.24. The SMILES string of the molecule is C/C=C/n1cc(Cc2ccccc2)[nH]c1=S.C=CCn1cc(Cc2ccccc2)[nH]c1=S.S=c1[nH]cc(Cc2ccccc2)[nH]1. The number of rotatable bonds is 9. The first kappa shape index (κ1) is 33.3. The second kappa shape index (κ2) is 17.7. The average molecular weight is 651 g/mol. The van der Waals surface area contributed by atoms with Gasteiger partial charge in [-0.05, 0) is 60.3 Å². The molecule has 0 aliphatic carbocycles. The Balaban J connectivity index is 0.000000155. The van der Waals surface area contributed by atoms with Gasteiger partial charge in [-0.25, -0.2) is 0 Å². The molecule has 0 fully saturated rings. The molecule has 0 radical (unpaired) electrons. The van der Waals surface area contributed by atoms with E-state index in [1.807, 2.05) is 101 Å². The zero-order valence-electron chi connectivity index (χ0n) is 25.3. The summed E-state index contributed by atoms with van der Waals surface area (Å²) in [6.45, 7) is 6.44. The van der Waals surface area contributed by atoms with E-state index in [2.05, 4.69) is 69.1 Å². The van der Waals surface area contributed by atoms with E-state index < -0.39 is 0 Å². The second-order valence-corrected chi connectivity index (χ2v) is 11.4. The Bertz CT molecular complexity index is 1940. The normalized spacial score (nSPS) is 10.5. The lowest BCUT2D eigenvalue weighted by Crippen LogP contribution is -1.91. The summed E-state index contributed by atoms with van der Waals surface area (Å²) in [6.07, 6.45) is 14.4. The highest BCUT2D eigenvalue weighted by Crippen LogP contribution is 2.10. The first-order valence-electron chi connectivity index (χ1n) is 14.6. The van der Waals surface area contributed by atoms with Crippen molar-refractivity contribution in [2.24, 2.45) is 0 Å². The Hall–Kier alpha value is -4.57. The van der Waals surface area contributed by atoms with Gasteiger partial charge in [0.05, 0.1) is 0 Å². The molecule has 0 saturated carbocycles. The molecule has 3 heterocycles. The largest absolute Gasteiger partial charge is 0.337 e. The maximum Gasteiger partial charge on any atom is 0.181 e. The fourth-order valence-electron chi connectivity index (χ4n) is 4.59. The van der Waals surface area contributed by atoms with Gasteiger partial charge in [0, 0.05) is 67.7 Å². The zero-order valence-corrected chi connectivity index (χ0v) is 27.7. The zero-order chi connectivity index (χ0) is 31.9. The predicted molar refractivity (Wildman–Crippen MR) is 194 cm³/mol. The van der Waals surface area contributed by atoms with E-state index in [-0.39, 0.29) is 0 Å². The van der Waals surface area contributed by atoms with Gasteiger partial charge in [0.1, 0.15) is 0 Å². The van der Waals surface area contributed by atoms with E-state index in [1.165, 1.54) is 16.7 Å². The van der Waals surface area contributed by atoms with Gasteiger partial charge in [0.25, 0.3) is 0 Å². The van der Waals surface area contributed by atoms with Gasteiger partial charge in [0.15, 0.2) is 14.3 Å². The molecule has 3 aromatic heterocycles. The van der Waals surface area contributed by atoms with Crippen LogP contribution in [0, 0.1) is 14.3 Å². The maximum absolute atomic E-state index is 5.21. The Morgan fingerprint density at radius 3 is 1.60 bits per heavy atom. The van der Waals surface area contributed by atoms with E-state index in [1.54, 1.807) is 0 Å². The predicted octanol–water partition coefficient (Wildman–Crippen LogP) is 9.61. The Labute approximate surface area is 279 Å². The quantitative estimate of drug-likeness (QED) is 0.0930. The number of aromatic amines is 4. The topological polar surface area (TPSA) is 73.0 Å². The van der Waals surface area contributed by atoms with Gasteiger partial charge in [-0.3, -0.25) is 4.57 Å². The summed E-state index contributed by atoms with van der Waals surface area (Å²) in [6, 6.07) is 31.0. The fourth-order valence-corrected chi connectivity index (χ4v) is 5.28. The second-order valence-electron chi connectivity index (χ2n) is 10.3. The van der Waals surface area contributed by atoms with E-state index in [0.717, 1.165) is 52.4 Å². The van der Waals surface area contributed by atoms with Gasteiger partial charge in [-0.15, -0.1) is 6.58 Å². The molecule has 9 heteroatoms. The molecule has 6 rings (SSSR count). The van der Waals surface area contributed by atoms with Crippen LogP contribution in [0.3, 0.4) is 0 Å². The van der Waals surface area contributed by atoms with Gasteiger partial charge >= 0.3 is 0 Å². The number of nitrogens with zero attached hydrogens (tertiary/aromatic N) is 2. The van der Waals surface area contributed by atoms with Crippen molar-refractivity contribution in [2.75, 3.05) is 0 Å². The summed E-state index contributed by atoms with van der Waals surface area (Å²) in [5.74, 6) is 0. The molecule has 0 unspecified atom stereocenters. The first-order valence-corrected chi connectivity index (χ1v) is 15.9. The van der Waals surface area contributed by atoms with E-state index in [9.17, 15) is 0 Å². The summed E-state index contributed by atoms with van der Waals surface area (Å²) in [4.78, 5) is 12.4. The molecule has 0 bridgehead atoms. The molecular formula is C36H38N6S3. The molecule has 6 nitrogen and oxygen atoms in total. The number of hydrogen-bond donors (Lipinski definition) is 4. The van der Waals surface area contributed by atoms with E-state index >= 15 is 0 Å². The third-order valence-electron chi connectivity index (χ3n) is 6.64. The number of allylic oxidation sites excluding steroid dienone is 2. The van der Waals surface area contributed by atoms with E-state index in [0.29, 0.717) is 4.77 Å². The minimum atomic E-state index is 0.686. The lowest BCUT2D eigenvalue weighted by Gasteiger charge is -1.97. The molecule has 0 spiro atoms. The number of H-pyrrole nitrogens is 4. The van der Waals surface area contributed by atoms with Crippen molar-refractivity contribution < 1.29 is 0 Å². The van der Waals surface area contributed by atoms with Crippen LogP contribution in [0.1, 0.15) is 40.7 Å². The Morgan fingerprint density at radius 1 is 0.644 bits per heavy atom. The molecule has 3 aromatic carbocycles. The van der Waals surface area contributed by atoms with Gasteiger partial charge in [-0.2, -0.15) is 0 Å². The number of nitrogens with one attached hydrogen (secondary N) is 4. The third kappa shape index (κ3) is 11.1. The number of imidazole rings is 3. The van der Waals surface area contributed by atoms with Crippen molar-refractivity contribution in [3.05, 3.63) is 176 Å². The molecule has 0 amide bonds. The maximum atomic E-state index is 5.21. The lowest BCUT2D eigenvalue weighted by molar-refractivity contribution is 0.807. The van der Waals surface area contributed by atoms with Crippen LogP contribution in [0.25, 0.3) is 6.20 Å². The van der Waals surface area contributed by atoms with Crippen LogP contribution in [-0.4, -0.2) is 29.1 Å². The molecule has 45 heavy (non-hydrogen) atoms. The van der Waals surface area contributed by atoms with Crippen molar-refractivity contribution >= 4 is 42.9 Å². The van der Waals surface area contributed by atoms with Gasteiger partial charge < -0.3 is 24.5 Å². The van der Waals surface area contributed by atoms with Crippen molar-refractivity contribution in [1.82, 2.24) is 29.1 Å². The van der Waals surface area contributed by atoms with Crippen LogP contribution in [-0.2, 0) is 25.8 Å². The monoisotopic (exact) mass is 650 g/mol. The van der Waals surface area contributed by atoms with E-state index in [4.69, 9.17) is 36.7 Å². The average Bonchev–Trinajstić information content (AvgIpc) is 3.73. The minimum absolute atomic E-state index is 0.686. The molecule has 0 atom stereocenters. The third-order valence-corrected chi connectivity index (χ3v) is 7.51. The molecule has 0 aliphatic heterocycles. The van der Waals surface area contributed by atoms with Gasteiger partial charge in [0.2, 0.25) is 0 Å². The molecule has 4 N–H and O–H groups in total. The van der Waals surface area contributed by atoms with Crippen molar-refractivity contribution in [3.63, 3.8) is 0 Å². The van der Waals surface area contributed by atoms with Crippen molar-refractivity contribution in [3.8, 4) is 0 Å². The molecule has 230 valence electrons. The van der Waals surface area contributed by atoms with Crippen LogP contribution in [0.15, 0.2) is 128 Å². The van der Waals surface area contributed by atoms with Crippen LogP contribution < -0.4 is 0 Å². The highest BCUT2D eigenvalue weighted by Gasteiger charge is 2.01. The van der Waals surface area contributed by atoms with Crippen LogP contribution in [0.5, 0.6) is 0 Å². The fraction of sp³-hybridized carbons (Fsp3) is 0.139. The highest BCUT2D eigenvalue weighted by molar-refractivity contribution is 7.71. The summed E-state index contributed by atoms with van der Waals surface area (Å²) >= 11 is 15.4. The Kier molecular flexibility index (Phi) is 13.1. The number of benzene rings is 3. The molecular weight excluding hydrogens is 613 g/mol. The lowest BCUT2D eigenvalue weighted by atomic mass is 10.1. The van der Waals surface area contributed by atoms with Gasteiger partial charge in [-0.1, -0.05) is 103 Å². The number of hydrogen-bond acceptors (Lipinski definition) is 3. The highest BCUT2D eigenvalue weighted by atomic mass is 32.1. The minimum Gasteiger partial charge on any atom is -0.337 e. The van der Waals surface area contributed by atoms with Crippen LogP contribution >= 0.6 is 36.7 Å². The molecule has 0 saturated heterocycles. The van der Waals surface area contributed by atoms with Crippen LogP contribution in [0.2, 0.25) is 0 Å². The first-order chi connectivity index (χ1) is 21.9. The summed E-state index contributed by atoms with van der Waals surface area (Å²) in [5, 5.41) is 0. The standard InChI is InChI=1S/2C13H14N2S.C10H10N2S/c2*1-2-8-15-10-12(14-13(15)16)9-11-6-4-3-5-7-11;13-10-11-7-9(12-10)6-8-4-2-1-3-5-8/h2-8,10H,9H2,1H3,(H,14,16);2-7,10H,1,8-9H2,(H,14,16);1-5,7H,6H2,(H2,11,12,13)/b8-2+;;. The summed E-state index contributed by atoms with van der Waals surface area (Å²) in [7, 11) is 0. The summed E-state index contributed by atoms with van der Waals surface area (Å²) < 4.78 is 6.09. The van der Waals surface area contributed by atoms with Crippen molar-refractivity contribution in [2.45, 2.75) is 32.7 Å². The number of aromatic nitrogens is 6. The molecule has 0 aliphatic rings. The Morgan fingerprint density at radius 2 is 1.13 bits per heavy atom. The van der Waals surface area contributed by atoms with Crippen LogP contribution in [0.4, 0.5) is 0 Å². The smallest absolute Gasteiger partial charge is 0.181 e.